The summed E-state index contributed by atoms with van der Waals surface area (Å²) in [6, 6.07) is 16.1. The molecule has 2 N–H and O–H groups in total. The van der Waals surface area contributed by atoms with E-state index in [1.165, 1.54) is 28.6 Å². The Labute approximate surface area is 217 Å². The maximum Gasteiger partial charge on any atom is 0.300 e. The van der Waals surface area contributed by atoms with Crippen LogP contribution in [0.3, 0.4) is 0 Å². The maximum atomic E-state index is 12.9. The van der Waals surface area contributed by atoms with Crippen molar-refractivity contribution in [3.8, 4) is 0 Å². The lowest BCUT2D eigenvalue weighted by Gasteiger charge is -2.26. The quantitative estimate of drug-likeness (QED) is 0.304. The molecule has 0 radical (unpaired) electrons. The van der Waals surface area contributed by atoms with Gasteiger partial charge in [0.1, 0.15) is 0 Å². The molecule has 0 aliphatic carbocycles. The molecule has 0 bridgehead atoms. The van der Waals surface area contributed by atoms with Crippen molar-refractivity contribution < 1.29 is 27.8 Å². The molecule has 38 heavy (non-hydrogen) atoms. The Morgan fingerprint density at radius 1 is 0.921 bits per heavy atom. The van der Waals surface area contributed by atoms with Crippen LogP contribution in [0.25, 0.3) is 0 Å². The fourth-order valence-electron chi connectivity index (χ4n) is 3.85. The van der Waals surface area contributed by atoms with Gasteiger partial charge < -0.3 is 15.4 Å². The van der Waals surface area contributed by atoms with Crippen LogP contribution in [0, 0.1) is 20.2 Å². The van der Waals surface area contributed by atoms with Gasteiger partial charge in [0.2, 0.25) is 10.0 Å². The third kappa shape index (κ3) is 5.94. The van der Waals surface area contributed by atoms with Crippen LogP contribution in [0.5, 0.6) is 0 Å². The van der Waals surface area contributed by atoms with E-state index in [4.69, 9.17) is 4.74 Å². The Hall–Kier alpha value is -4.40. The number of hydrogen-bond donors (Lipinski definition) is 2. The van der Waals surface area contributed by atoms with Crippen LogP contribution < -0.4 is 10.6 Å². The predicted molar refractivity (Wildman–Crippen MR) is 137 cm³/mol. The zero-order valence-electron chi connectivity index (χ0n) is 19.9. The van der Waals surface area contributed by atoms with E-state index in [1.54, 1.807) is 30.3 Å². The van der Waals surface area contributed by atoms with E-state index in [0.717, 1.165) is 17.7 Å². The molecular formula is C24H23N5O8S. The SMILES string of the molecule is O=C(Nc1ccc(S(=O)(=O)N2CCOCC2)cc1)c1cc([N+](=O)[O-])c(NCc2ccccc2)c([N+](=O)[O-])c1. The van der Waals surface area contributed by atoms with Crippen molar-refractivity contribution in [1.82, 2.24) is 4.31 Å². The van der Waals surface area contributed by atoms with Crippen LogP contribution in [0.2, 0.25) is 0 Å². The van der Waals surface area contributed by atoms with Crippen LogP contribution in [0.1, 0.15) is 15.9 Å². The first-order valence-corrected chi connectivity index (χ1v) is 12.8. The van der Waals surface area contributed by atoms with Gasteiger partial charge in [0.25, 0.3) is 17.3 Å². The second kappa shape index (κ2) is 11.3. The second-order valence-corrected chi connectivity index (χ2v) is 10.2. The summed E-state index contributed by atoms with van der Waals surface area (Å²) in [6.07, 6.45) is 0. The van der Waals surface area contributed by atoms with Crippen LogP contribution in [0.4, 0.5) is 22.7 Å². The van der Waals surface area contributed by atoms with Gasteiger partial charge in [-0.15, -0.1) is 0 Å². The number of sulfonamides is 1. The Balaban J connectivity index is 1.56. The number of anilines is 2. The molecule has 1 aliphatic heterocycles. The summed E-state index contributed by atoms with van der Waals surface area (Å²) in [5, 5.41) is 28.7. The minimum absolute atomic E-state index is 0.0255. The lowest BCUT2D eigenvalue weighted by atomic mass is 10.1. The molecule has 0 spiro atoms. The van der Waals surface area contributed by atoms with Gasteiger partial charge in [-0.25, -0.2) is 8.42 Å². The Morgan fingerprint density at radius 2 is 1.50 bits per heavy atom. The van der Waals surface area contributed by atoms with Crippen molar-refractivity contribution in [2.24, 2.45) is 0 Å². The Morgan fingerprint density at radius 3 is 2.05 bits per heavy atom. The molecule has 0 atom stereocenters. The molecule has 1 fully saturated rings. The van der Waals surface area contributed by atoms with Gasteiger partial charge in [-0.2, -0.15) is 4.31 Å². The number of amides is 1. The molecular weight excluding hydrogens is 518 g/mol. The van der Waals surface area contributed by atoms with Crippen molar-refractivity contribution >= 4 is 38.7 Å². The zero-order chi connectivity index (χ0) is 27.3. The van der Waals surface area contributed by atoms with Crippen molar-refractivity contribution in [1.29, 1.82) is 0 Å². The van der Waals surface area contributed by atoms with Gasteiger partial charge >= 0.3 is 0 Å². The van der Waals surface area contributed by atoms with Crippen LogP contribution in [-0.4, -0.2) is 54.8 Å². The average molecular weight is 542 g/mol. The van der Waals surface area contributed by atoms with Crippen molar-refractivity contribution in [2.75, 3.05) is 36.9 Å². The van der Waals surface area contributed by atoms with Gasteiger partial charge in [-0.05, 0) is 29.8 Å². The first-order valence-electron chi connectivity index (χ1n) is 11.4. The predicted octanol–water partition coefficient (Wildman–Crippen LogP) is 3.39. The first-order chi connectivity index (χ1) is 18.2. The van der Waals surface area contributed by atoms with Gasteiger partial charge in [0, 0.05) is 37.5 Å². The van der Waals surface area contributed by atoms with E-state index in [1.807, 2.05) is 0 Å². The third-order valence-corrected chi connectivity index (χ3v) is 7.70. The summed E-state index contributed by atoms with van der Waals surface area (Å²) < 4.78 is 32.0. The molecule has 4 rings (SSSR count). The number of ether oxygens (including phenoxy) is 1. The number of rotatable bonds is 9. The second-order valence-electron chi connectivity index (χ2n) is 8.24. The van der Waals surface area contributed by atoms with Crippen molar-refractivity contribution in [3.05, 3.63) is 98.1 Å². The largest absolute Gasteiger partial charge is 0.379 e. The fraction of sp³-hybridized carbons (Fsp3) is 0.208. The van der Waals surface area contributed by atoms with E-state index >= 15 is 0 Å². The van der Waals surface area contributed by atoms with E-state index in [0.29, 0.717) is 13.2 Å². The summed E-state index contributed by atoms with van der Waals surface area (Å²) in [4.78, 5) is 34.8. The molecule has 0 saturated carbocycles. The Bertz CT molecular complexity index is 1420. The molecule has 198 valence electrons. The first kappa shape index (κ1) is 26.7. The van der Waals surface area contributed by atoms with Crippen molar-refractivity contribution in [3.63, 3.8) is 0 Å². The molecule has 3 aromatic carbocycles. The number of benzene rings is 3. The van der Waals surface area contributed by atoms with Crippen molar-refractivity contribution in [2.45, 2.75) is 11.4 Å². The minimum atomic E-state index is -3.74. The van der Waals surface area contributed by atoms with Gasteiger partial charge in [-0.3, -0.25) is 25.0 Å². The van der Waals surface area contributed by atoms with E-state index in [2.05, 4.69) is 10.6 Å². The standard InChI is InChI=1S/C24H23N5O8S/c30-24(26-19-6-8-20(9-7-19)38(35,36)27-10-12-37-13-11-27)18-14-21(28(31)32)23(22(15-18)29(33)34)25-16-17-4-2-1-3-5-17/h1-9,14-15,25H,10-13,16H2,(H,26,30). The van der Waals surface area contributed by atoms with E-state index in [9.17, 15) is 33.4 Å². The molecule has 0 aromatic heterocycles. The lowest BCUT2D eigenvalue weighted by molar-refractivity contribution is -0.392. The maximum absolute atomic E-state index is 12.9. The van der Waals surface area contributed by atoms with Gasteiger partial charge in [0.15, 0.2) is 5.69 Å². The number of nitrogens with one attached hydrogen (secondary N) is 2. The number of carbonyl (C=O) groups excluding carboxylic acids is 1. The molecule has 1 amide bonds. The number of morpholine rings is 1. The molecule has 0 unspecified atom stereocenters. The van der Waals surface area contributed by atoms with Crippen LogP contribution in [-0.2, 0) is 21.3 Å². The molecule has 13 nitrogen and oxygen atoms in total. The summed E-state index contributed by atoms with van der Waals surface area (Å²) in [6.45, 7) is 1.15. The van der Waals surface area contributed by atoms with Gasteiger partial charge in [0.05, 0.1) is 33.5 Å². The molecule has 3 aromatic rings. The highest BCUT2D eigenvalue weighted by Crippen LogP contribution is 2.36. The minimum Gasteiger partial charge on any atom is -0.379 e. The number of carbonyl (C=O) groups is 1. The zero-order valence-corrected chi connectivity index (χ0v) is 20.7. The Kier molecular flexibility index (Phi) is 7.95. The summed E-state index contributed by atoms with van der Waals surface area (Å²) in [5.41, 5.74) is -0.944. The third-order valence-electron chi connectivity index (χ3n) is 5.78. The summed E-state index contributed by atoms with van der Waals surface area (Å²) >= 11 is 0. The van der Waals surface area contributed by atoms with E-state index in [-0.39, 0.29) is 41.5 Å². The summed E-state index contributed by atoms with van der Waals surface area (Å²) in [5.74, 6) is -0.838. The van der Waals surface area contributed by atoms with Crippen LogP contribution >= 0.6 is 0 Å². The summed E-state index contributed by atoms with van der Waals surface area (Å²) in [7, 11) is -3.74. The monoisotopic (exact) mass is 541 g/mol. The van der Waals surface area contributed by atoms with Gasteiger partial charge in [-0.1, -0.05) is 30.3 Å². The highest BCUT2D eigenvalue weighted by atomic mass is 32.2. The fourth-order valence-corrected chi connectivity index (χ4v) is 5.26. The molecule has 1 aliphatic rings. The van der Waals surface area contributed by atoms with E-state index < -0.39 is 37.2 Å². The number of nitro groups is 2. The number of hydrogen-bond acceptors (Lipinski definition) is 9. The number of nitrogens with zero attached hydrogens (tertiary/aromatic N) is 3. The average Bonchev–Trinajstić information content (AvgIpc) is 2.92. The smallest absolute Gasteiger partial charge is 0.300 e. The molecule has 14 heteroatoms. The number of nitro benzene ring substituents is 2. The highest BCUT2D eigenvalue weighted by Gasteiger charge is 2.29. The molecule has 1 heterocycles. The van der Waals surface area contributed by atoms with Crippen LogP contribution in [0.15, 0.2) is 71.6 Å². The normalized spacial score (nSPS) is 14.0. The topological polar surface area (TPSA) is 174 Å². The highest BCUT2D eigenvalue weighted by molar-refractivity contribution is 7.89. The lowest BCUT2D eigenvalue weighted by Crippen LogP contribution is -2.40. The molecule has 1 saturated heterocycles.